The molecule has 2 rings (SSSR count). The van der Waals surface area contributed by atoms with E-state index in [1.165, 1.54) is 57.8 Å². The predicted octanol–water partition coefficient (Wildman–Crippen LogP) is 6.64. The van der Waals surface area contributed by atoms with Gasteiger partial charge in [-0.1, -0.05) is 95.0 Å². The highest BCUT2D eigenvalue weighted by Crippen LogP contribution is 2.17. The van der Waals surface area contributed by atoms with Crippen molar-refractivity contribution in [2.24, 2.45) is 0 Å². The number of rotatable bonds is 17. The van der Waals surface area contributed by atoms with Crippen molar-refractivity contribution in [1.29, 1.82) is 0 Å². The first-order chi connectivity index (χ1) is 15.7. The largest absolute Gasteiger partial charge is 0.496 e. The number of methoxy groups -OCH3 is 1. The Hall–Kier alpha value is -2.33. The van der Waals surface area contributed by atoms with E-state index < -0.39 is 0 Å². The van der Waals surface area contributed by atoms with Crippen molar-refractivity contribution in [3.05, 3.63) is 65.2 Å². The highest BCUT2D eigenvalue weighted by atomic mass is 16.5. The van der Waals surface area contributed by atoms with Gasteiger partial charge in [-0.25, -0.2) is 0 Å². The third kappa shape index (κ3) is 10.3. The van der Waals surface area contributed by atoms with Gasteiger partial charge in [0.05, 0.1) is 7.11 Å². The molecule has 2 N–H and O–H groups in total. The molecular weight excluding hydrogens is 396 g/mol. The second-order valence-corrected chi connectivity index (χ2v) is 8.55. The number of carbonyl (C=O) groups is 1. The van der Waals surface area contributed by atoms with E-state index in [9.17, 15) is 4.79 Å². The molecule has 0 aliphatic heterocycles. The van der Waals surface area contributed by atoms with E-state index >= 15 is 0 Å². The number of unbranched alkanes of at least 4 members (excludes halogenated alkanes) is 9. The van der Waals surface area contributed by atoms with Gasteiger partial charge < -0.3 is 15.4 Å². The van der Waals surface area contributed by atoms with Crippen molar-refractivity contribution in [1.82, 2.24) is 10.6 Å². The number of amides is 1. The summed E-state index contributed by atoms with van der Waals surface area (Å²) in [4.78, 5) is 12.3. The fraction of sp³-hybridized carbons (Fsp3) is 0.536. The summed E-state index contributed by atoms with van der Waals surface area (Å²) in [5.41, 5.74) is 3.02. The van der Waals surface area contributed by atoms with Crippen LogP contribution in [0.2, 0.25) is 0 Å². The molecule has 1 amide bonds. The molecule has 176 valence electrons. The Morgan fingerprint density at radius 3 is 2.06 bits per heavy atom. The first-order valence-electron chi connectivity index (χ1n) is 12.4. The fourth-order valence-electron chi connectivity index (χ4n) is 3.88. The summed E-state index contributed by atoms with van der Waals surface area (Å²) >= 11 is 0. The van der Waals surface area contributed by atoms with Gasteiger partial charge in [0.2, 0.25) is 0 Å². The van der Waals surface area contributed by atoms with Crippen molar-refractivity contribution >= 4 is 5.91 Å². The third-order valence-electron chi connectivity index (χ3n) is 5.87. The molecule has 2 aromatic rings. The Morgan fingerprint density at radius 2 is 1.41 bits per heavy atom. The lowest BCUT2D eigenvalue weighted by molar-refractivity contribution is 0.0953. The topological polar surface area (TPSA) is 50.4 Å². The van der Waals surface area contributed by atoms with Crippen LogP contribution in [0.1, 0.15) is 92.6 Å². The van der Waals surface area contributed by atoms with Crippen molar-refractivity contribution in [3.63, 3.8) is 0 Å². The van der Waals surface area contributed by atoms with E-state index in [4.69, 9.17) is 4.74 Å². The van der Waals surface area contributed by atoms with Gasteiger partial charge in [-0.15, -0.1) is 0 Å². The Labute approximate surface area is 195 Å². The number of hydrogen-bond donors (Lipinski definition) is 2. The monoisotopic (exact) mass is 438 g/mol. The maximum Gasteiger partial charge on any atom is 0.251 e. The minimum absolute atomic E-state index is 0.0226. The SMILES string of the molecule is CCCCCCCCCCCCNC(=O)c1ccc(CNCc2ccccc2OC)cc1. The molecule has 0 aromatic heterocycles. The Morgan fingerprint density at radius 1 is 0.781 bits per heavy atom. The summed E-state index contributed by atoms with van der Waals surface area (Å²) in [7, 11) is 1.69. The highest BCUT2D eigenvalue weighted by Gasteiger charge is 2.05. The summed E-state index contributed by atoms with van der Waals surface area (Å²) in [6, 6.07) is 15.9. The first kappa shape index (κ1) is 25.9. The summed E-state index contributed by atoms with van der Waals surface area (Å²) in [5.74, 6) is 0.920. The molecule has 4 nitrogen and oxygen atoms in total. The van der Waals surface area contributed by atoms with E-state index in [0.29, 0.717) is 0 Å². The molecule has 0 radical (unpaired) electrons. The average molecular weight is 439 g/mol. The van der Waals surface area contributed by atoms with Gasteiger partial charge in [-0.2, -0.15) is 0 Å². The Balaban J connectivity index is 1.56. The zero-order valence-electron chi connectivity index (χ0n) is 20.1. The molecular formula is C28H42N2O2. The van der Waals surface area contributed by atoms with Crippen molar-refractivity contribution in [2.75, 3.05) is 13.7 Å². The molecule has 0 fully saturated rings. The van der Waals surface area contributed by atoms with Crippen molar-refractivity contribution in [2.45, 2.75) is 84.2 Å². The molecule has 0 heterocycles. The zero-order chi connectivity index (χ0) is 22.9. The summed E-state index contributed by atoms with van der Waals surface area (Å²) in [6.45, 7) is 4.51. The number of hydrogen-bond acceptors (Lipinski definition) is 3. The van der Waals surface area contributed by atoms with E-state index in [1.54, 1.807) is 7.11 Å². The molecule has 0 saturated heterocycles. The lowest BCUT2D eigenvalue weighted by atomic mass is 10.1. The van der Waals surface area contributed by atoms with Gasteiger partial charge in [0.1, 0.15) is 5.75 Å². The van der Waals surface area contributed by atoms with E-state index in [2.05, 4.69) is 23.6 Å². The smallest absolute Gasteiger partial charge is 0.251 e. The quantitative estimate of drug-likeness (QED) is 0.272. The first-order valence-corrected chi connectivity index (χ1v) is 12.4. The van der Waals surface area contributed by atoms with Crippen LogP contribution in [0.4, 0.5) is 0 Å². The van der Waals surface area contributed by atoms with Crippen LogP contribution in [-0.4, -0.2) is 19.6 Å². The Kier molecular flexibility index (Phi) is 13.2. The van der Waals surface area contributed by atoms with Crippen LogP contribution in [0.25, 0.3) is 0 Å². The molecule has 4 heteroatoms. The predicted molar refractivity (Wildman–Crippen MR) is 134 cm³/mol. The number of para-hydroxylation sites is 1. The van der Waals surface area contributed by atoms with E-state index in [1.807, 2.05) is 42.5 Å². The van der Waals surface area contributed by atoms with Crippen LogP contribution in [0.3, 0.4) is 0 Å². The number of benzene rings is 2. The van der Waals surface area contributed by atoms with Crippen LogP contribution in [0, 0.1) is 0 Å². The second kappa shape index (κ2) is 16.3. The minimum atomic E-state index is 0.0226. The lowest BCUT2D eigenvalue weighted by Gasteiger charge is -2.10. The van der Waals surface area contributed by atoms with Crippen molar-refractivity contribution in [3.8, 4) is 5.75 Å². The molecule has 0 unspecified atom stereocenters. The maximum atomic E-state index is 12.3. The molecule has 0 aliphatic carbocycles. The van der Waals surface area contributed by atoms with Crippen molar-refractivity contribution < 1.29 is 9.53 Å². The molecule has 2 aromatic carbocycles. The molecule has 0 spiro atoms. The van der Waals surface area contributed by atoms with Crippen LogP contribution in [0.5, 0.6) is 5.75 Å². The van der Waals surface area contributed by atoms with Gasteiger partial charge in [0.15, 0.2) is 0 Å². The van der Waals surface area contributed by atoms with Crippen LogP contribution in [0.15, 0.2) is 48.5 Å². The second-order valence-electron chi connectivity index (χ2n) is 8.55. The molecule has 0 atom stereocenters. The van der Waals surface area contributed by atoms with Gasteiger partial charge in [0, 0.05) is 30.8 Å². The van der Waals surface area contributed by atoms with E-state index in [-0.39, 0.29) is 5.91 Å². The number of nitrogens with one attached hydrogen (secondary N) is 2. The normalized spacial score (nSPS) is 10.8. The molecule has 0 bridgehead atoms. The van der Waals surface area contributed by atoms with Crippen LogP contribution >= 0.6 is 0 Å². The van der Waals surface area contributed by atoms with Gasteiger partial charge in [-0.3, -0.25) is 4.79 Å². The molecule has 32 heavy (non-hydrogen) atoms. The summed E-state index contributed by atoms with van der Waals surface area (Å²) in [6.07, 6.45) is 13.1. The third-order valence-corrected chi connectivity index (χ3v) is 5.87. The zero-order valence-corrected chi connectivity index (χ0v) is 20.1. The maximum absolute atomic E-state index is 12.3. The highest BCUT2D eigenvalue weighted by molar-refractivity contribution is 5.94. The van der Waals surface area contributed by atoms with Crippen LogP contribution in [-0.2, 0) is 13.1 Å². The van der Waals surface area contributed by atoms with Gasteiger partial charge >= 0.3 is 0 Å². The summed E-state index contributed by atoms with van der Waals surface area (Å²) < 4.78 is 5.39. The fourth-order valence-corrected chi connectivity index (χ4v) is 3.88. The molecule has 0 saturated carbocycles. The summed E-state index contributed by atoms with van der Waals surface area (Å²) in [5, 5.41) is 6.49. The van der Waals surface area contributed by atoms with E-state index in [0.717, 1.165) is 48.5 Å². The Bertz CT molecular complexity index is 758. The van der Waals surface area contributed by atoms with Gasteiger partial charge in [-0.05, 0) is 30.2 Å². The molecule has 0 aliphatic rings. The minimum Gasteiger partial charge on any atom is -0.496 e. The number of carbonyl (C=O) groups excluding carboxylic acids is 1. The standard InChI is InChI=1S/C28H42N2O2/c1-3-4-5-6-7-8-9-10-11-14-21-30-28(31)25-19-17-24(18-20-25)22-29-23-26-15-12-13-16-27(26)32-2/h12-13,15-20,29H,3-11,14,21-23H2,1-2H3,(H,30,31). The lowest BCUT2D eigenvalue weighted by Crippen LogP contribution is -2.24. The average Bonchev–Trinajstić information content (AvgIpc) is 2.83. The van der Waals surface area contributed by atoms with Gasteiger partial charge in [0.25, 0.3) is 5.91 Å². The van der Waals surface area contributed by atoms with Crippen LogP contribution < -0.4 is 15.4 Å². The number of ether oxygens (including phenoxy) is 1.